The Morgan fingerprint density at radius 2 is 0.556 bits per heavy atom. The third-order valence-electron chi connectivity index (χ3n) is 15.7. The zero-order valence-electron chi connectivity index (χ0n) is 43.6. The first-order valence-electron chi connectivity index (χ1n) is 27.2. The quantitative estimate of drug-likeness (QED) is 0.144. The molecule has 0 N–H and O–H groups in total. The van der Waals surface area contributed by atoms with Gasteiger partial charge in [0, 0.05) is 77.1 Å². The second-order valence-corrected chi connectivity index (χ2v) is 20.4. The fraction of sp³-hybridized carbons (Fsp3) is 0. The summed E-state index contributed by atoms with van der Waals surface area (Å²) in [5.74, 6) is 2.33. The molecule has 0 unspecified atom stereocenters. The van der Waals surface area contributed by atoms with Crippen LogP contribution in [0.5, 0.6) is 0 Å². The summed E-state index contributed by atoms with van der Waals surface area (Å²) in [7, 11) is 0. The van der Waals surface area contributed by atoms with Gasteiger partial charge in [0.15, 0.2) is 23.3 Å². The number of hydrogen-bond acceptors (Lipinski definition) is 5. The van der Waals surface area contributed by atoms with Crippen LogP contribution in [0.3, 0.4) is 0 Å². The molecule has 0 spiro atoms. The predicted molar refractivity (Wildman–Crippen MR) is 331 cm³/mol. The summed E-state index contributed by atoms with van der Waals surface area (Å²) in [6, 6.07) is 98.3. The summed E-state index contributed by atoms with van der Waals surface area (Å²) in [6.45, 7) is 0. The minimum absolute atomic E-state index is 0.542. The lowest BCUT2D eigenvalue weighted by molar-refractivity contribution is 1.07. The van der Waals surface area contributed by atoms with Gasteiger partial charge in [-0.3, -0.25) is 0 Å². The van der Waals surface area contributed by atoms with Gasteiger partial charge in [-0.2, -0.15) is 0 Å². The van der Waals surface area contributed by atoms with Crippen LogP contribution in [0.1, 0.15) is 0 Å². The predicted octanol–water partition coefficient (Wildman–Crippen LogP) is 18.0. The Labute approximate surface area is 465 Å². The van der Waals surface area contributed by atoms with Gasteiger partial charge in [-0.15, -0.1) is 0 Å². The van der Waals surface area contributed by atoms with Crippen LogP contribution < -0.4 is 0 Å². The van der Waals surface area contributed by atoms with E-state index in [9.17, 15) is 0 Å². The Morgan fingerprint density at radius 1 is 0.210 bits per heavy atom. The highest BCUT2D eigenvalue weighted by molar-refractivity contribution is 6.14. The van der Waals surface area contributed by atoms with Gasteiger partial charge in [0.05, 0.1) is 50.2 Å². The third-order valence-corrected chi connectivity index (χ3v) is 15.7. The van der Waals surface area contributed by atoms with Gasteiger partial charge in [0.25, 0.3) is 0 Å². The van der Waals surface area contributed by atoms with E-state index in [1.165, 1.54) is 21.5 Å². The lowest BCUT2D eigenvalue weighted by Gasteiger charge is -2.18. The van der Waals surface area contributed by atoms with E-state index in [4.69, 9.17) is 24.9 Å². The fourth-order valence-electron chi connectivity index (χ4n) is 12.0. The number of aromatic nitrogens is 8. The minimum atomic E-state index is 0.542. The highest BCUT2D eigenvalue weighted by Crippen LogP contribution is 2.43. The van der Waals surface area contributed by atoms with Crippen LogP contribution >= 0.6 is 0 Å². The molecule has 5 aromatic heterocycles. The van der Waals surface area contributed by atoms with Crippen LogP contribution in [-0.4, -0.2) is 38.6 Å². The summed E-state index contributed by atoms with van der Waals surface area (Å²) in [6.07, 6.45) is 0. The molecule has 0 amide bonds. The van der Waals surface area contributed by atoms with Crippen molar-refractivity contribution in [2.24, 2.45) is 0 Å². The Balaban J connectivity index is 1.02. The molecule has 0 aliphatic rings. The Hall–Kier alpha value is -11.1. The number of nitrogens with zero attached hydrogens (tertiary/aromatic N) is 8. The van der Waals surface area contributed by atoms with Gasteiger partial charge in [0.2, 0.25) is 0 Å². The molecule has 16 rings (SSSR count). The summed E-state index contributed by atoms with van der Waals surface area (Å²) in [4.78, 5) is 26.5. The van der Waals surface area contributed by atoms with Gasteiger partial charge >= 0.3 is 0 Å². The smallest absolute Gasteiger partial charge is 0.164 e. The normalized spacial score (nSPS) is 11.7. The van der Waals surface area contributed by atoms with E-state index in [0.717, 1.165) is 106 Å². The Bertz CT molecular complexity index is 4710. The van der Waals surface area contributed by atoms with E-state index in [2.05, 4.69) is 208 Å². The van der Waals surface area contributed by atoms with E-state index in [1.54, 1.807) is 0 Å². The number of benzene rings is 11. The average Bonchev–Trinajstić information content (AvgIpc) is 4.20. The maximum absolute atomic E-state index is 5.56. The number of hydrogen-bond donors (Lipinski definition) is 0. The highest BCUT2D eigenvalue weighted by atomic mass is 15.0. The first kappa shape index (κ1) is 46.0. The first-order chi connectivity index (χ1) is 40.2. The molecule has 0 atom stereocenters. The standard InChI is InChI=1S/C73H46N8/c1-5-21-47(22-6-1)61-46-62(75-70(74-61)48-23-7-2-8-24-48)60-43-51(73-77-71(49-25-9-3-10-26-49)76-72(78-73)50-27-11-4-12-28-50)37-42-67(60)81-68-44-52(79-63-33-17-13-29-54(63)55-30-14-18-34-64(55)79)38-40-58(68)59-41-39-53(45-69(59)81)80-65-35-19-15-31-56(65)57-32-16-20-36-66(57)80/h1-46H. The molecule has 0 aliphatic heterocycles. The van der Waals surface area contributed by atoms with Crippen molar-refractivity contribution in [3.8, 4) is 85.1 Å². The van der Waals surface area contributed by atoms with Crippen molar-refractivity contribution in [1.82, 2.24) is 38.6 Å². The zero-order valence-corrected chi connectivity index (χ0v) is 43.6. The molecule has 378 valence electrons. The van der Waals surface area contributed by atoms with E-state index >= 15 is 0 Å². The maximum atomic E-state index is 5.56. The molecular weight excluding hydrogens is 989 g/mol. The van der Waals surface area contributed by atoms with Gasteiger partial charge in [-0.25, -0.2) is 24.9 Å². The van der Waals surface area contributed by atoms with Crippen molar-refractivity contribution in [3.05, 3.63) is 279 Å². The molecule has 16 aromatic rings. The van der Waals surface area contributed by atoms with Crippen LogP contribution in [0.2, 0.25) is 0 Å². The molecule has 0 saturated carbocycles. The van der Waals surface area contributed by atoms with E-state index in [1.807, 2.05) is 84.9 Å². The summed E-state index contributed by atoms with van der Waals surface area (Å²) in [5.41, 5.74) is 16.6. The minimum Gasteiger partial charge on any atom is -0.309 e. The molecule has 0 aliphatic carbocycles. The molecule has 0 radical (unpaired) electrons. The topological polar surface area (TPSA) is 79.2 Å². The molecule has 81 heavy (non-hydrogen) atoms. The first-order valence-corrected chi connectivity index (χ1v) is 27.2. The monoisotopic (exact) mass is 1030 g/mol. The van der Waals surface area contributed by atoms with Crippen LogP contribution in [-0.2, 0) is 0 Å². The van der Waals surface area contributed by atoms with Crippen LogP contribution in [0.25, 0.3) is 151 Å². The van der Waals surface area contributed by atoms with Crippen molar-refractivity contribution < 1.29 is 0 Å². The Kier molecular flexibility index (Phi) is 10.7. The van der Waals surface area contributed by atoms with Gasteiger partial charge in [-0.05, 0) is 72.8 Å². The highest BCUT2D eigenvalue weighted by Gasteiger charge is 2.24. The molecule has 11 aromatic carbocycles. The molecular formula is C73H46N8. The Morgan fingerprint density at radius 3 is 0.988 bits per heavy atom. The zero-order chi connectivity index (χ0) is 53.4. The lowest BCUT2D eigenvalue weighted by atomic mass is 10.0. The lowest BCUT2D eigenvalue weighted by Crippen LogP contribution is -2.04. The van der Waals surface area contributed by atoms with Crippen LogP contribution in [0, 0.1) is 0 Å². The van der Waals surface area contributed by atoms with Crippen molar-refractivity contribution in [3.63, 3.8) is 0 Å². The van der Waals surface area contributed by atoms with Gasteiger partial charge in [-0.1, -0.05) is 206 Å². The average molecular weight is 1040 g/mol. The van der Waals surface area contributed by atoms with Gasteiger partial charge < -0.3 is 13.7 Å². The SMILES string of the molecule is c1ccc(-c2cc(-c3cc(-c4nc(-c5ccccc5)nc(-c5ccccc5)n4)ccc3-n3c4cc(-n5c6ccccc6c6ccccc65)ccc4c4ccc(-n5c6ccccc6c6ccccc65)cc43)nc(-c3ccccc3)n2)cc1. The second-order valence-electron chi connectivity index (χ2n) is 20.4. The van der Waals surface area contributed by atoms with E-state index in [-0.39, 0.29) is 0 Å². The molecule has 8 nitrogen and oxygen atoms in total. The number of rotatable bonds is 9. The van der Waals surface area contributed by atoms with Crippen molar-refractivity contribution in [1.29, 1.82) is 0 Å². The van der Waals surface area contributed by atoms with Crippen molar-refractivity contribution >= 4 is 65.4 Å². The van der Waals surface area contributed by atoms with E-state index < -0.39 is 0 Å². The fourth-order valence-corrected chi connectivity index (χ4v) is 12.0. The maximum Gasteiger partial charge on any atom is 0.164 e. The van der Waals surface area contributed by atoms with Crippen molar-refractivity contribution in [2.45, 2.75) is 0 Å². The summed E-state index contributed by atoms with van der Waals surface area (Å²) >= 11 is 0. The molecule has 5 heterocycles. The molecule has 8 heteroatoms. The summed E-state index contributed by atoms with van der Waals surface area (Å²) in [5, 5.41) is 7.07. The largest absolute Gasteiger partial charge is 0.309 e. The van der Waals surface area contributed by atoms with Crippen LogP contribution in [0.4, 0.5) is 0 Å². The van der Waals surface area contributed by atoms with E-state index in [0.29, 0.717) is 23.3 Å². The molecule has 0 saturated heterocycles. The molecule has 0 fully saturated rings. The van der Waals surface area contributed by atoms with Crippen LogP contribution in [0.15, 0.2) is 279 Å². The number of fused-ring (bicyclic) bond motifs is 9. The van der Waals surface area contributed by atoms with Gasteiger partial charge in [0.1, 0.15) is 0 Å². The summed E-state index contributed by atoms with van der Waals surface area (Å²) < 4.78 is 7.25. The third kappa shape index (κ3) is 7.72. The molecule has 0 bridgehead atoms. The second kappa shape index (κ2) is 18.8. The number of para-hydroxylation sites is 4. The van der Waals surface area contributed by atoms with Crippen molar-refractivity contribution in [2.75, 3.05) is 0 Å².